The first kappa shape index (κ1) is 15.2. The lowest BCUT2D eigenvalue weighted by Crippen LogP contribution is -2.46. The summed E-state index contributed by atoms with van der Waals surface area (Å²) in [7, 11) is 0. The summed E-state index contributed by atoms with van der Waals surface area (Å²) in [6.07, 6.45) is 4.62. The number of piperidine rings is 1. The smallest absolute Gasteiger partial charge is 0.185 e. The lowest BCUT2D eigenvalue weighted by atomic mass is 9.96. The third-order valence-electron chi connectivity index (χ3n) is 4.33. The minimum atomic E-state index is -0.0320. The van der Waals surface area contributed by atoms with Crippen molar-refractivity contribution in [3.05, 3.63) is 11.1 Å². The molecule has 5 nitrogen and oxygen atoms in total. The SMILES string of the molecule is CC1CCN(c2nc(CO)cs2)CC1OC1CCCCO1. The van der Waals surface area contributed by atoms with Gasteiger partial charge in [-0.2, -0.15) is 0 Å². The van der Waals surface area contributed by atoms with Gasteiger partial charge in [0.2, 0.25) is 0 Å². The maximum atomic E-state index is 9.14. The molecule has 3 atom stereocenters. The van der Waals surface area contributed by atoms with Crippen molar-refractivity contribution in [3.63, 3.8) is 0 Å². The number of hydrogen-bond acceptors (Lipinski definition) is 6. The van der Waals surface area contributed by atoms with E-state index < -0.39 is 0 Å². The second-order valence-electron chi connectivity index (χ2n) is 5.96. The Hall–Kier alpha value is -0.690. The number of aliphatic hydroxyl groups excluding tert-OH is 1. The highest BCUT2D eigenvalue weighted by Gasteiger charge is 2.31. The van der Waals surface area contributed by atoms with Gasteiger partial charge in [0.25, 0.3) is 0 Å². The van der Waals surface area contributed by atoms with E-state index in [1.54, 1.807) is 11.3 Å². The molecule has 1 aromatic rings. The van der Waals surface area contributed by atoms with E-state index in [1.807, 2.05) is 5.38 Å². The van der Waals surface area contributed by atoms with Gasteiger partial charge in [-0.05, 0) is 31.6 Å². The number of ether oxygens (including phenoxy) is 2. The maximum absolute atomic E-state index is 9.14. The van der Waals surface area contributed by atoms with E-state index in [4.69, 9.17) is 14.6 Å². The van der Waals surface area contributed by atoms with E-state index in [-0.39, 0.29) is 19.0 Å². The Bertz CT molecular complexity index is 448. The Morgan fingerprint density at radius 3 is 3.10 bits per heavy atom. The van der Waals surface area contributed by atoms with Gasteiger partial charge in [-0.3, -0.25) is 0 Å². The molecule has 0 aliphatic carbocycles. The van der Waals surface area contributed by atoms with Gasteiger partial charge in [0.05, 0.1) is 18.4 Å². The molecule has 3 unspecified atom stereocenters. The zero-order valence-electron chi connectivity index (χ0n) is 12.5. The van der Waals surface area contributed by atoms with Gasteiger partial charge in [-0.15, -0.1) is 11.3 Å². The second-order valence-corrected chi connectivity index (χ2v) is 6.80. The predicted molar refractivity (Wildman–Crippen MR) is 82.5 cm³/mol. The van der Waals surface area contributed by atoms with Crippen molar-refractivity contribution >= 4 is 16.5 Å². The molecule has 1 N–H and O–H groups in total. The van der Waals surface area contributed by atoms with Crippen molar-refractivity contribution < 1.29 is 14.6 Å². The topological polar surface area (TPSA) is 54.8 Å². The minimum Gasteiger partial charge on any atom is -0.390 e. The second kappa shape index (κ2) is 7.05. The summed E-state index contributed by atoms with van der Waals surface area (Å²) in [5.41, 5.74) is 0.752. The molecule has 2 saturated heterocycles. The summed E-state index contributed by atoms with van der Waals surface area (Å²) in [4.78, 5) is 6.74. The molecular formula is C15H24N2O3S. The molecule has 0 saturated carbocycles. The zero-order valence-corrected chi connectivity index (χ0v) is 13.3. The van der Waals surface area contributed by atoms with E-state index >= 15 is 0 Å². The van der Waals surface area contributed by atoms with Crippen LogP contribution in [0.4, 0.5) is 5.13 Å². The minimum absolute atomic E-state index is 0.0105. The van der Waals surface area contributed by atoms with Crippen molar-refractivity contribution in [2.24, 2.45) is 5.92 Å². The fraction of sp³-hybridized carbons (Fsp3) is 0.800. The first-order valence-corrected chi connectivity index (χ1v) is 8.71. The van der Waals surface area contributed by atoms with Crippen LogP contribution in [0.3, 0.4) is 0 Å². The predicted octanol–water partition coefficient (Wildman–Crippen LogP) is 2.39. The Labute approximate surface area is 129 Å². The van der Waals surface area contributed by atoms with E-state index in [2.05, 4.69) is 16.8 Å². The molecule has 3 heterocycles. The summed E-state index contributed by atoms with van der Waals surface area (Å²) < 4.78 is 11.9. The lowest BCUT2D eigenvalue weighted by Gasteiger charge is -2.39. The first-order chi connectivity index (χ1) is 10.3. The fourth-order valence-corrected chi connectivity index (χ4v) is 3.77. The summed E-state index contributed by atoms with van der Waals surface area (Å²) in [5.74, 6) is 0.545. The number of aromatic nitrogens is 1. The average molecular weight is 312 g/mol. The molecular weight excluding hydrogens is 288 g/mol. The Morgan fingerprint density at radius 2 is 2.38 bits per heavy atom. The van der Waals surface area contributed by atoms with Crippen molar-refractivity contribution in [1.29, 1.82) is 0 Å². The number of hydrogen-bond donors (Lipinski definition) is 1. The maximum Gasteiger partial charge on any atom is 0.185 e. The standard InChI is InChI=1S/C15H24N2O3S/c1-11-5-6-17(15-16-12(9-18)10-21-15)8-13(11)20-14-4-2-3-7-19-14/h10-11,13-14,18H,2-9H2,1H3. The number of aliphatic hydroxyl groups is 1. The molecule has 6 heteroatoms. The lowest BCUT2D eigenvalue weighted by molar-refractivity contribution is -0.197. The molecule has 0 spiro atoms. The van der Waals surface area contributed by atoms with Crippen molar-refractivity contribution in [2.75, 3.05) is 24.6 Å². The number of thiazole rings is 1. The Morgan fingerprint density at radius 1 is 1.48 bits per heavy atom. The Balaban J connectivity index is 1.60. The molecule has 2 aliphatic rings. The van der Waals surface area contributed by atoms with Crippen LogP contribution in [-0.4, -0.2) is 42.2 Å². The van der Waals surface area contributed by atoms with Crippen LogP contribution in [0.25, 0.3) is 0 Å². The molecule has 118 valence electrons. The first-order valence-electron chi connectivity index (χ1n) is 7.83. The van der Waals surface area contributed by atoms with Crippen molar-refractivity contribution in [2.45, 2.75) is 51.6 Å². The third kappa shape index (κ3) is 3.74. The van der Waals surface area contributed by atoms with Gasteiger partial charge in [0.15, 0.2) is 11.4 Å². The third-order valence-corrected chi connectivity index (χ3v) is 5.28. The average Bonchev–Trinajstić information content (AvgIpc) is 2.99. The van der Waals surface area contributed by atoms with Crippen LogP contribution in [0.15, 0.2) is 5.38 Å². The molecule has 21 heavy (non-hydrogen) atoms. The van der Waals surface area contributed by atoms with Crippen molar-refractivity contribution in [3.8, 4) is 0 Å². The highest BCUT2D eigenvalue weighted by atomic mass is 32.1. The summed E-state index contributed by atoms with van der Waals surface area (Å²) in [6, 6.07) is 0. The quantitative estimate of drug-likeness (QED) is 0.925. The van der Waals surface area contributed by atoms with E-state index in [0.717, 1.165) is 49.8 Å². The molecule has 2 fully saturated rings. The van der Waals surface area contributed by atoms with Crippen LogP contribution in [-0.2, 0) is 16.1 Å². The highest BCUT2D eigenvalue weighted by molar-refractivity contribution is 7.13. The van der Waals surface area contributed by atoms with Crippen LogP contribution in [0.2, 0.25) is 0 Å². The molecule has 0 aromatic carbocycles. The molecule has 3 rings (SSSR count). The van der Waals surface area contributed by atoms with Gasteiger partial charge < -0.3 is 19.5 Å². The van der Waals surface area contributed by atoms with Crippen LogP contribution in [0, 0.1) is 5.92 Å². The van der Waals surface area contributed by atoms with E-state index in [9.17, 15) is 0 Å². The zero-order chi connectivity index (χ0) is 14.7. The van der Waals surface area contributed by atoms with E-state index in [1.165, 1.54) is 6.42 Å². The number of anilines is 1. The van der Waals surface area contributed by atoms with Gasteiger partial charge in [-0.25, -0.2) is 4.98 Å². The van der Waals surface area contributed by atoms with Crippen molar-refractivity contribution in [1.82, 2.24) is 4.98 Å². The van der Waals surface area contributed by atoms with Gasteiger partial charge in [-0.1, -0.05) is 6.92 Å². The molecule has 0 amide bonds. The van der Waals surface area contributed by atoms with Crippen LogP contribution >= 0.6 is 11.3 Å². The summed E-state index contributed by atoms with van der Waals surface area (Å²) >= 11 is 1.60. The summed E-state index contributed by atoms with van der Waals surface area (Å²) in [6.45, 7) is 4.95. The molecule has 2 aliphatic heterocycles. The number of rotatable bonds is 4. The van der Waals surface area contributed by atoms with Gasteiger partial charge in [0, 0.05) is 25.1 Å². The van der Waals surface area contributed by atoms with Crippen LogP contribution < -0.4 is 4.90 Å². The molecule has 0 bridgehead atoms. The van der Waals surface area contributed by atoms with Crippen LogP contribution in [0.1, 0.15) is 38.3 Å². The molecule has 0 radical (unpaired) electrons. The molecule has 1 aromatic heterocycles. The highest BCUT2D eigenvalue weighted by Crippen LogP contribution is 2.29. The monoisotopic (exact) mass is 312 g/mol. The normalized spacial score (nSPS) is 30.6. The van der Waals surface area contributed by atoms with E-state index in [0.29, 0.717) is 5.92 Å². The summed E-state index contributed by atoms with van der Waals surface area (Å²) in [5, 5.41) is 12.1. The van der Waals surface area contributed by atoms with Crippen LogP contribution in [0.5, 0.6) is 0 Å². The van der Waals surface area contributed by atoms with Gasteiger partial charge >= 0.3 is 0 Å². The Kier molecular flexibility index (Phi) is 5.11. The number of nitrogens with zero attached hydrogens (tertiary/aromatic N) is 2. The largest absolute Gasteiger partial charge is 0.390 e. The van der Waals surface area contributed by atoms with Gasteiger partial charge in [0.1, 0.15) is 0 Å². The fourth-order valence-electron chi connectivity index (χ4n) is 2.91.